The standard InChI is InChI=1S/C24H25ClFNO6/c1-13(2)33-10-9-27-21(14-7-5-6-8-17(14)26)20(23(29)24(27)30)22(28)15-11-16(25)19(32-4)12-18(15)31-3/h5-8,11-13,21,28H,9-10H2,1-4H3/b22-20+. The lowest BCUT2D eigenvalue weighted by molar-refractivity contribution is -0.140. The molecule has 0 radical (unpaired) electrons. The monoisotopic (exact) mass is 477 g/mol. The number of ether oxygens (including phenoxy) is 3. The number of carbonyl (C=O) groups is 2. The predicted octanol–water partition coefficient (Wildman–Crippen LogP) is 4.34. The Hall–Kier alpha value is -3.10. The third-order valence-corrected chi connectivity index (χ3v) is 5.55. The number of amides is 1. The van der Waals surface area contributed by atoms with Crippen LogP contribution in [0.15, 0.2) is 42.0 Å². The zero-order valence-corrected chi connectivity index (χ0v) is 19.5. The van der Waals surface area contributed by atoms with Crippen molar-refractivity contribution in [3.8, 4) is 11.5 Å². The fraction of sp³-hybridized carbons (Fsp3) is 0.333. The number of benzene rings is 2. The normalized spacial score (nSPS) is 17.7. The van der Waals surface area contributed by atoms with Crippen molar-refractivity contribution in [3.05, 3.63) is 63.9 Å². The van der Waals surface area contributed by atoms with Crippen molar-refractivity contribution in [3.63, 3.8) is 0 Å². The van der Waals surface area contributed by atoms with Crippen molar-refractivity contribution in [2.24, 2.45) is 0 Å². The van der Waals surface area contributed by atoms with Gasteiger partial charge in [-0.25, -0.2) is 4.39 Å². The molecule has 0 spiro atoms. The summed E-state index contributed by atoms with van der Waals surface area (Å²) in [6, 6.07) is 7.43. The molecule has 1 aliphatic rings. The maximum absolute atomic E-state index is 14.8. The second-order valence-corrected chi connectivity index (χ2v) is 8.03. The van der Waals surface area contributed by atoms with E-state index in [4.69, 9.17) is 25.8 Å². The molecule has 1 unspecified atom stereocenters. The first kappa shape index (κ1) is 24.5. The quantitative estimate of drug-likeness (QED) is 0.346. The Morgan fingerprint density at radius 2 is 1.82 bits per heavy atom. The van der Waals surface area contributed by atoms with E-state index in [0.29, 0.717) is 5.75 Å². The lowest BCUT2D eigenvalue weighted by Gasteiger charge is -2.26. The lowest BCUT2D eigenvalue weighted by Crippen LogP contribution is -2.33. The van der Waals surface area contributed by atoms with E-state index in [1.807, 2.05) is 13.8 Å². The Kier molecular flexibility index (Phi) is 7.61. The third-order valence-electron chi connectivity index (χ3n) is 5.25. The van der Waals surface area contributed by atoms with Crippen molar-refractivity contribution >= 4 is 29.1 Å². The van der Waals surface area contributed by atoms with E-state index in [0.717, 1.165) is 0 Å². The van der Waals surface area contributed by atoms with Crippen molar-refractivity contribution in [2.45, 2.75) is 26.0 Å². The van der Waals surface area contributed by atoms with Crippen LogP contribution < -0.4 is 9.47 Å². The minimum absolute atomic E-state index is 0.0268. The Morgan fingerprint density at radius 3 is 2.42 bits per heavy atom. The maximum Gasteiger partial charge on any atom is 0.295 e. The molecule has 0 bridgehead atoms. The van der Waals surface area contributed by atoms with Gasteiger partial charge in [-0.2, -0.15) is 0 Å². The zero-order valence-electron chi connectivity index (χ0n) is 18.7. The van der Waals surface area contributed by atoms with Gasteiger partial charge in [0.15, 0.2) is 0 Å². The number of methoxy groups -OCH3 is 2. The molecule has 33 heavy (non-hydrogen) atoms. The summed E-state index contributed by atoms with van der Waals surface area (Å²) in [7, 11) is 2.79. The van der Waals surface area contributed by atoms with Gasteiger partial charge in [-0.05, 0) is 26.0 Å². The highest BCUT2D eigenvalue weighted by atomic mass is 35.5. The molecule has 1 fully saturated rings. The number of hydrogen-bond donors (Lipinski definition) is 1. The maximum atomic E-state index is 14.8. The van der Waals surface area contributed by atoms with Gasteiger partial charge in [0.2, 0.25) is 0 Å². The molecule has 176 valence electrons. The minimum Gasteiger partial charge on any atom is -0.507 e. The summed E-state index contributed by atoms with van der Waals surface area (Å²) in [5, 5.41) is 11.4. The molecule has 1 amide bonds. The molecule has 1 atom stereocenters. The molecule has 2 aromatic carbocycles. The van der Waals surface area contributed by atoms with Crippen molar-refractivity contribution in [2.75, 3.05) is 27.4 Å². The Morgan fingerprint density at radius 1 is 1.15 bits per heavy atom. The van der Waals surface area contributed by atoms with Crippen LogP contribution in [0.4, 0.5) is 4.39 Å². The second kappa shape index (κ2) is 10.2. The van der Waals surface area contributed by atoms with E-state index in [1.54, 1.807) is 6.07 Å². The van der Waals surface area contributed by atoms with Crippen LogP contribution in [-0.2, 0) is 14.3 Å². The molecule has 2 aromatic rings. The van der Waals surface area contributed by atoms with E-state index in [-0.39, 0.29) is 46.7 Å². The van der Waals surface area contributed by atoms with Crippen LogP contribution in [0.1, 0.15) is 31.0 Å². The summed E-state index contributed by atoms with van der Waals surface area (Å²) >= 11 is 6.23. The van der Waals surface area contributed by atoms with Gasteiger partial charge in [0.1, 0.15) is 23.1 Å². The third kappa shape index (κ3) is 4.82. The van der Waals surface area contributed by atoms with Crippen molar-refractivity contribution in [1.29, 1.82) is 0 Å². The first-order valence-electron chi connectivity index (χ1n) is 10.3. The Balaban J connectivity index is 2.20. The van der Waals surface area contributed by atoms with Crippen LogP contribution in [0.25, 0.3) is 5.76 Å². The molecule has 1 heterocycles. The smallest absolute Gasteiger partial charge is 0.295 e. The summed E-state index contributed by atoms with van der Waals surface area (Å²) in [6.07, 6.45) is -0.0977. The van der Waals surface area contributed by atoms with Gasteiger partial charge in [-0.3, -0.25) is 9.59 Å². The number of nitrogens with zero attached hydrogens (tertiary/aromatic N) is 1. The average molecular weight is 478 g/mol. The summed E-state index contributed by atoms with van der Waals surface area (Å²) in [5.74, 6) is -2.51. The number of rotatable bonds is 8. The van der Waals surface area contributed by atoms with Crippen LogP contribution >= 0.6 is 11.6 Å². The van der Waals surface area contributed by atoms with Gasteiger partial charge in [0.05, 0.1) is 49.1 Å². The molecule has 0 aromatic heterocycles. The Bertz CT molecular complexity index is 1100. The zero-order chi connectivity index (χ0) is 24.3. The SMILES string of the molecule is COc1cc(OC)c(/C(O)=C2\C(=O)C(=O)N(CCOC(C)C)C2c2ccccc2F)cc1Cl. The molecular weight excluding hydrogens is 453 g/mol. The van der Waals surface area contributed by atoms with Crippen molar-refractivity contribution in [1.82, 2.24) is 4.90 Å². The van der Waals surface area contributed by atoms with Gasteiger partial charge in [0.25, 0.3) is 11.7 Å². The topological polar surface area (TPSA) is 85.3 Å². The fourth-order valence-corrected chi connectivity index (χ4v) is 3.95. The minimum atomic E-state index is -1.16. The molecule has 0 saturated carbocycles. The molecule has 3 rings (SSSR count). The van der Waals surface area contributed by atoms with Gasteiger partial charge in [0, 0.05) is 18.2 Å². The van der Waals surface area contributed by atoms with Gasteiger partial charge in [-0.1, -0.05) is 29.8 Å². The number of aliphatic hydroxyl groups excluding tert-OH is 1. The van der Waals surface area contributed by atoms with Crippen LogP contribution in [-0.4, -0.2) is 55.2 Å². The largest absolute Gasteiger partial charge is 0.507 e. The summed E-state index contributed by atoms with van der Waals surface area (Å²) in [4.78, 5) is 27.2. The number of aliphatic hydroxyl groups is 1. The molecule has 0 aliphatic carbocycles. The van der Waals surface area contributed by atoms with Gasteiger partial charge in [-0.15, -0.1) is 0 Å². The molecule has 1 N–H and O–H groups in total. The first-order valence-corrected chi connectivity index (χ1v) is 10.6. The van der Waals surface area contributed by atoms with Crippen LogP contribution in [0.2, 0.25) is 5.02 Å². The molecular formula is C24H25ClFNO6. The van der Waals surface area contributed by atoms with E-state index in [2.05, 4.69) is 0 Å². The molecule has 7 nitrogen and oxygen atoms in total. The summed E-state index contributed by atoms with van der Waals surface area (Å²) < 4.78 is 30.9. The van der Waals surface area contributed by atoms with Crippen molar-refractivity contribution < 1.29 is 33.3 Å². The first-order chi connectivity index (χ1) is 15.7. The number of halogens is 2. The molecule has 1 aliphatic heterocycles. The van der Waals surface area contributed by atoms with Crippen LogP contribution in [0, 0.1) is 5.82 Å². The van der Waals surface area contributed by atoms with E-state index >= 15 is 0 Å². The molecule has 9 heteroatoms. The Labute approximate surface area is 196 Å². The molecule has 1 saturated heterocycles. The lowest BCUT2D eigenvalue weighted by atomic mass is 9.94. The highest BCUT2D eigenvalue weighted by Gasteiger charge is 2.47. The van der Waals surface area contributed by atoms with Gasteiger partial charge < -0.3 is 24.2 Å². The average Bonchev–Trinajstić information content (AvgIpc) is 3.03. The number of likely N-dealkylation sites (tertiary alicyclic amines) is 1. The van der Waals surface area contributed by atoms with Crippen LogP contribution in [0.5, 0.6) is 11.5 Å². The van der Waals surface area contributed by atoms with E-state index in [1.165, 1.54) is 49.5 Å². The fourth-order valence-electron chi connectivity index (χ4n) is 3.71. The summed E-state index contributed by atoms with van der Waals surface area (Å²) in [5.41, 5.74) is -0.128. The number of Topliss-reactive ketones (excluding diaryl/α,β-unsaturated/α-hetero) is 1. The number of carbonyl (C=O) groups excluding carboxylic acids is 2. The van der Waals surface area contributed by atoms with E-state index in [9.17, 15) is 19.1 Å². The van der Waals surface area contributed by atoms with Crippen LogP contribution in [0.3, 0.4) is 0 Å². The number of hydrogen-bond acceptors (Lipinski definition) is 6. The number of ketones is 1. The highest BCUT2D eigenvalue weighted by molar-refractivity contribution is 6.46. The highest BCUT2D eigenvalue weighted by Crippen LogP contribution is 2.43. The second-order valence-electron chi connectivity index (χ2n) is 7.62. The predicted molar refractivity (Wildman–Crippen MR) is 121 cm³/mol. The summed E-state index contributed by atoms with van der Waals surface area (Å²) in [6.45, 7) is 3.83. The van der Waals surface area contributed by atoms with E-state index < -0.39 is 29.3 Å². The van der Waals surface area contributed by atoms with Gasteiger partial charge >= 0.3 is 0 Å².